The molecule has 0 N–H and O–H groups in total. The molecule has 3 nitrogen and oxygen atoms in total. The number of rotatable bonds is 3. The lowest BCUT2D eigenvalue weighted by Crippen LogP contribution is -2.39. The second-order valence-corrected chi connectivity index (χ2v) is 4.23. The fraction of sp³-hybridized carbons (Fsp3) is 0.818. The first kappa shape index (κ1) is 11.2. The van der Waals surface area contributed by atoms with Crippen molar-refractivity contribution in [2.45, 2.75) is 39.0 Å². The lowest BCUT2D eigenvalue weighted by atomic mass is 9.71. The highest BCUT2D eigenvalue weighted by Crippen LogP contribution is 2.37. The standard InChI is InChI=1S/C11H18O3/c1-11(8-12,10(13)14-2)9-6-4-3-5-7-9/h8-9H,3-7H2,1-2H3. The zero-order valence-electron chi connectivity index (χ0n) is 8.91. The van der Waals surface area contributed by atoms with Crippen LogP contribution in [0.5, 0.6) is 0 Å². The minimum atomic E-state index is -0.921. The van der Waals surface area contributed by atoms with E-state index in [0.29, 0.717) is 0 Å². The number of esters is 1. The van der Waals surface area contributed by atoms with E-state index in [1.54, 1.807) is 6.92 Å². The van der Waals surface area contributed by atoms with Crippen molar-refractivity contribution in [2.75, 3.05) is 7.11 Å². The third-order valence-corrected chi connectivity index (χ3v) is 3.32. The van der Waals surface area contributed by atoms with Crippen molar-refractivity contribution in [1.29, 1.82) is 0 Å². The average Bonchev–Trinajstić information content (AvgIpc) is 2.28. The van der Waals surface area contributed by atoms with Gasteiger partial charge in [-0.3, -0.25) is 4.79 Å². The van der Waals surface area contributed by atoms with Crippen LogP contribution in [-0.4, -0.2) is 19.4 Å². The molecule has 1 rings (SSSR count). The van der Waals surface area contributed by atoms with Crippen LogP contribution in [0.25, 0.3) is 0 Å². The summed E-state index contributed by atoms with van der Waals surface area (Å²) < 4.78 is 4.69. The van der Waals surface area contributed by atoms with E-state index in [1.165, 1.54) is 13.5 Å². The van der Waals surface area contributed by atoms with E-state index < -0.39 is 5.41 Å². The summed E-state index contributed by atoms with van der Waals surface area (Å²) in [6.45, 7) is 1.70. The molecule has 1 saturated carbocycles. The summed E-state index contributed by atoms with van der Waals surface area (Å²) in [6, 6.07) is 0. The maximum Gasteiger partial charge on any atom is 0.319 e. The summed E-state index contributed by atoms with van der Waals surface area (Å²) in [7, 11) is 1.34. The van der Waals surface area contributed by atoms with Crippen LogP contribution in [0.1, 0.15) is 39.0 Å². The summed E-state index contributed by atoms with van der Waals surface area (Å²) in [5.41, 5.74) is -0.921. The molecule has 0 bridgehead atoms. The zero-order valence-corrected chi connectivity index (χ0v) is 8.91. The molecule has 1 aliphatic rings. The minimum Gasteiger partial charge on any atom is -0.468 e. The van der Waals surface area contributed by atoms with Crippen molar-refractivity contribution >= 4 is 12.3 Å². The smallest absolute Gasteiger partial charge is 0.319 e. The van der Waals surface area contributed by atoms with E-state index in [0.717, 1.165) is 32.0 Å². The van der Waals surface area contributed by atoms with Gasteiger partial charge in [0.05, 0.1) is 7.11 Å². The van der Waals surface area contributed by atoms with Crippen molar-refractivity contribution in [1.82, 2.24) is 0 Å². The highest BCUT2D eigenvalue weighted by molar-refractivity contribution is 5.93. The van der Waals surface area contributed by atoms with Gasteiger partial charge in [0.15, 0.2) is 0 Å². The fourth-order valence-corrected chi connectivity index (χ4v) is 2.23. The molecule has 80 valence electrons. The number of hydrogen-bond donors (Lipinski definition) is 0. The van der Waals surface area contributed by atoms with E-state index >= 15 is 0 Å². The van der Waals surface area contributed by atoms with Gasteiger partial charge in [-0.05, 0) is 25.7 Å². The second-order valence-electron chi connectivity index (χ2n) is 4.23. The predicted molar refractivity (Wildman–Crippen MR) is 52.8 cm³/mol. The molecule has 1 fully saturated rings. The molecule has 0 aliphatic heterocycles. The minimum absolute atomic E-state index is 0.168. The molecule has 0 radical (unpaired) electrons. The van der Waals surface area contributed by atoms with Gasteiger partial charge in [0.2, 0.25) is 0 Å². The maximum absolute atomic E-state index is 11.5. The summed E-state index contributed by atoms with van der Waals surface area (Å²) >= 11 is 0. The molecule has 0 aromatic rings. The van der Waals surface area contributed by atoms with Gasteiger partial charge in [-0.15, -0.1) is 0 Å². The first-order valence-electron chi connectivity index (χ1n) is 5.20. The second kappa shape index (κ2) is 4.58. The quantitative estimate of drug-likeness (QED) is 0.395. The number of aldehydes is 1. The number of methoxy groups -OCH3 is 1. The Balaban J connectivity index is 2.76. The Morgan fingerprint density at radius 3 is 2.36 bits per heavy atom. The van der Waals surface area contributed by atoms with Gasteiger partial charge in [-0.1, -0.05) is 19.3 Å². The fourth-order valence-electron chi connectivity index (χ4n) is 2.23. The Morgan fingerprint density at radius 1 is 1.36 bits per heavy atom. The van der Waals surface area contributed by atoms with Crippen LogP contribution in [0.3, 0.4) is 0 Å². The third kappa shape index (κ3) is 1.97. The zero-order chi connectivity index (χ0) is 10.6. The molecule has 0 saturated heterocycles. The third-order valence-electron chi connectivity index (χ3n) is 3.32. The number of hydrogen-bond acceptors (Lipinski definition) is 3. The van der Waals surface area contributed by atoms with Crippen molar-refractivity contribution in [3.8, 4) is 0 Å². The first-order chi connectivity index (χ1) is 6.65. The van der Waals surface area contributed by atoms with Crippen LogP contribution in [0, 0.1) is 11.3 Å². The molecule has 3 heteroatoms. The number of carbonyl (C=O) groups is 2. The Bertz CT molecular complexity index is 219. The monoisotopic (exact) mass is 198 g/mol. The van der Waals surface area contributed by atoms with Crippen LogP contribution in [0.2, 0.25) is 0 Å². The van der Waals surface area contributed by atoms with Gasteiger partial charge in [-0.25, -0.2) is 0 Å². The van der Waals surface area contributed by atoms with E-state index in [4.69, 9.17) is 0 Å². The van der Waals surface area contributed by atoms with Gasteiger partial charge < -0.3 is 9.53 Å². The van der Waals surface area contributed by atoms with Crippen LogP contribution in [0.15, 0.2) is 0 Å². The van der Waals surface area contributed by atoms with Crippen molar-refractivity contribution in [3.63, 3.8) is 0 Å². The van der Waals surface area contributed by atoms with Gasteiger partial charge in [-0.2, -0.15) is 0 Å². The Hall–Kier alpha value is -0.860. The largest absolute Gasteiger partial charge is 0.468 e. The van der Waals surface area contributed by atoms with E-state index in [9.17, 15) is 9.59 Å². The highest BCUT2D eigenvalue weighted by Gasteiger charge is 2.42. The van der Waals surface area contributed by atoms with Gasteiger partial charge in [0, 0.05) is 0 Å². The Labute approximate surface area is 84.8 Å². The Morgan fingerprint density at radius 2 is 1.93 bits per heavy atom. The molecule has 14 heavy (non-hydrogen) atoms. The van der Waals surface area contributed by atoms with E-state index in [2.05, 4.69) is 4.74 Å². The molecular formula is C11H18O3. The summed E-state index contributed by atoms with van der Waals surface area (Å²) in [5, 5.41) is 0. The highest BCUT2D eigenvalue weighted by atomic mass is 16.5. The molecule has 1 atom stereocenters. The van der Waals surface area contributed by atoms with Crippen LogP contribution in [0.4, 0.5) is 0 Å². The van der Waals surface area contributed by atoms with Crippen LogP contribution < -0.4 is 0 Å². The van der Waals surface area contributed by atoms with Crippen LogP contribution >= 0.6 is 0 Å². The molecule has 0 aromatic heterocycles. The summed E-state index contributed by atoms with van der Waals surface area (Å²) in [5.74, 6) is -0.222. The summed E-state index contributed by atoms with van der Waals surface area (Å²) in [6.07, 6.45) is 6.13. The van der Waals surface area contributed by atoms with E-state index in [-0.39, 0.29) is 11.9 Å². The lowest BCUT2D eigenvalue weighted by molar-refractivity contribution is -0.157. The molecular weight excluding hydrogens is 180 g/mol. The van der Waals surface area contributed by atoms with Crippen molar-refractivity contribution in [2.24, 2.45) is 11.3 Å². The lowest BCUT2D eigenvalue weighted by Gasteiger charge is -2.32. The molecule has 0 spiro atoms. The number of carbonyl (C=O) groups excluding carboxylic acids is 2. The molecule has 0 heterocycles. The SMILES string of the molecule is COC(=O)C(C)(C=O)C1CCCCC1. The average molecular weight is 198 g/mol. The predicted octanol–water partition coefficient (Wildman–Crippen LogP) is 1.94. The normalized spacial score (nSPS) is 22.4. The molecule has 0 amide bonds. The first-order valence-corrected chi connectivity index (χ1v) is 5.20. The van der Waals surface area contributed by atoms with E-state index in [1.807, 2.05) is 0 Å². The molecule has 1 aliphatic carbocycles. The maximum atomic E-state index is 11.5. The van der Waals surface area contributed by atoms with Gasteiger partial charge in [0.1, 0.15) is 11.7 Å². The topological polar surface area (TPSA) is 43.4 Å². The molecule has 0 aromatic carbocycles. The number of ether oxygens (including phenoxy) is 1. The van der Waals surface area contributed by atoms with Crippen molar-refractivity contribution < 1.29 is 14.3 Å². The Kier molecular flexibility index (Phi) is 3.67. The molecule has 1 unspecified atom stereocenters. The summed E-state index contributed by atoms with van der Waals surface area (Å²) in [4.78, 5) is 22.5. The van der Waals surface area contributed by atoms with Gasteiger partial charge >= 0.3 is 5.97 Å². The van der Waals surface area contributed by atoms with Gasteiger partial charge in [0.25, 0.3) is 0 Å². The van der Waals surface area contributed by atoms with Crippen LogP contribution in [-0.2, 0) is 14.3 Å². The van der Waals surface area contributed by atoms with Crippen molar-refractivity contribution in [3.05, 3.63) is 0 Å².